The summed E-state index contributed by atoms with van der Waals surface area (Å²) in [6.07, 6.45) is -7.04. The van der Waals surface area contributed by atoms with Gasteiger partial charge < -0.3 is 4.74 Å². The second kappa shape index (κ2) is 5.96. The van der Waals surface area contributed by atoms with Crippen LogP contribution < -0.4 is 0 Å². The molecule has 0 bridgehead atoms. The van der Waals surface area contributed by atoms with E-state index < -0.39 is 35.6 Å². The normalized spacial score (nSPS) is 21.8. The van der Waals surface area contributed by atoms with E-state index >= 15 is 0 Å². The molecule has 0 N–H and O–H groups in total. The van der Waals surface area contributed by atoms with Crippen LogP contribution in [0.25, 0.3) is 0 Å². The summed E-state index contributed by atoms with van der Waals surface area (Å²) in [5.74, 6) is -0.820. The maximum absolute atomic E-state index is 14.3. The molecule has 2 atom stereocenters. The molecule has 2 unspecified atom stereocenters. The van der Waals surface area contributed by atoms with Gasteiger partial charge >= 0.3 is 12.3 Å². The first-order chi connectivity index (χ1) is 10.4. The predicted octanol–water partition coefficient (Wildman–Crippen LogP) is 5.10. The van der Waals surface area contributed by atoms with Crippen LogP contribution in [-0.2, 0) is 10.9 Å². The van der Waals surface area contributed by atoms with Crippen LogP contribution in [0.4, 0.5) is 22.4 Å². The Bertz CT molecular complexity index is 612. The van der Waals surface area contributed by atoms with Crippen LogP contribution in [0.15, 0.2) is 22.7 Å². The summed E-state index contributed by atoms with van der Waals surface area (Å²) in [6.45, 7) is 4.92. The van der Waals surface area contributed by atoms with Crippen molar-refractivity contribution in [3.63, 3.8) is 0 Å². The summed E-state index contributed by atoms with van der Waals surface area (Å²) in [6, 6.07) is 3.07. The second-order valence-electron chi connectivity index (χ2n) is 6.35. The molecule has 0 saturated carbocycles. The Balaban J connectivity index is 2.15. The van der Waals surface area contributed by atoms with E-state index in [0.29, 0.717) is 4.47 Å². The summed E-state index contributed by atoms with van der Waals surface area (Å²) in [7, 11) is 0. The van der Waals surface area contributed by atoms with Crippen molar-refractivity contribution in [1.29, 1.82) is 0 Å². The highest BCUT2D eigenvalue weighted by atomic mass is 79.9. The van der Waals surface area contributed by atoms with Crippen molar-refractivity contribution >= 4 is 22.0 Å². The van der Waals surface area contributed by atoms with Crippen LogP contribution in [0.5, 0.6) is 0 Å². The third kappa shape index (κ3) is 3.97. The second-order valence-corrected chi connectivity index (χ2v) is 7.20. The monoisotopic (exact) mass is 397 g/mol. The molecular weight excluding hydrogens is 382 g/mol. The fourth-order valence-corrected chi connectivity index (χ4v) is 2.77. The number of carbonyl (C=O) groups excluding carboxylic acids is 1. The highest BCUT2D eigenvalue weighted by molar-refractivity contribution is 9.10. The molecule has 1 fully saturated rings. The van der Waals surface area contributed by atoms with Crippen molar-refractivity contribution in [1.82, 2.24) is 4.90 Å². The van der Waals surface area contributed by atoms with Gasteiger partial charge in [-0.25, -0.2) is 9.18 Å². The Morgan fingerprint density at radius 2 is 1.91 bits per heavy atom. The van der Waals surface area contributed by atoms with Gasteiger partial charge in [0.1, 0.15) is 5.60 Å². The van der Waals surface area contributed by atoms with Crippen LogP contribution in [0.3, 0.4) is 0 Å². The quantitative estimate of drug-likeness (QED) is 0.487. The molecule has 2 rings (SSSR count). The molecular formula is C15H16BrF4NO2. The molecule has 128 valence electrons. The van der Waals surface area contributed by atoms with E-state index in [4.69, 9.17) is 4.74 Å². The fraction of sp³-hybridized carbons (Fsp3) is 0.533. The minimum Gasteiger partial charge on any atom is -0.444 e. The number of rotatable bonds is 1. The van der Waals surface area contributed by atoms with Crippen LogP contribution in [0, 0.1) is 0 Å². The lowest BCUT2D eigenvalue weighted by molar-refractivity contribution is -0.137. The lowest BCUT2D eigenvalue weighted by atomic mass is 9.89. The summed E-state index contributed by atoms with van der Waals surface area (Å²) < 4.78 is 58.1. The summed E-state index contributed by atoms with van der Waals surface area (Å²) in [5.41, 5.74) is -1.43. The van der Waals surface area contributed by atoms with Crippen LogP contribution in [0.2, 0.25) is 0 Å². The van der Waals surface area contributed by atoms with E-state index in [1.165, 1.54) is 6.07 Å². The maximum atomic E-state index is 14.3. The first-order valence-corrected chi connectivity index (χ1v) is 7.70. The van der Waals surface area contributed by atoms with Gasteiger partial charge in [0.25, 0.3) is 0 Å². The molecule has 1 aliphatic heterocycles. The number of halogens is 5. The number of hydrogen-bond donors (Lipinski definition) is 0. The number of nitrogens with zero attached hydrogens (tertiary/aromatic N) is 1. The molecule has 1 saturated heterocycles. The Morgan fingerprint density at radius 3 is 2.39 bits per heavy atom. The number of likely N-dealkylation sites (tertiary alicyclic amines) is 1. The average Bonchev–Trinajstić information content (AvgIpc) is 2.35. The third-order valence-corrected chi connectivity index (χ3v) is 4.10. The van der Waals surface area contributed by atoms with Crippen molar-refractivity contribution in [2.24, 2.45) is 0 Å². The lowest BCUT2D eigenvalue weighted by Gasteiger charge is -2.43. The van der Waals surface area contributed by atoms with Crippen LogP contribution in [-0.4, -0.2) is 29.4 Å². The molecule has 3 nitrogen and oxygen atoms in total. The minimum atomic E-state index is -4.50. The minimum absolute atomic E-state index is 0.0318. The first kappa shape index (κ1) is 18.0. The topological polar surface area (TPSA) is 29.5 Å². The number of hydrogen-bond acceptors (Lipinski definition) is 2. The van der Waals surface area contributed by atoms with E-state index in [-0.39, 0.29) is 12.1 Å². The molecule has 23 heavy (non-hydrogen) atoms. The van der Waals surface area contributed by atoms with Crippen molar-refractivity contribution < 1.29 is 27.1 Å². The predicted molar refractivity (Wildman–Crippen MR) is 79.7 cm³/mol. The highest BCUT2D eigenvalue weighted by Crippen LogP contribution is 2.41. The van der Waals surface area contributed by atoms with E-state index in [0.717, 1.165) is 17.0 Å². The van der Waals surface area contributed by atoms with Crippen LogP contribution >= 0.6 is 15.9 Å². The standard InChI is InChI=1S/C15H16BrF4NO2/c1-14(2,3)23-13(22)21-7-10(12(21)17)9-6-8(15(18,19)20)4-5-11(9)16/h4-6,10,12H,7H2,1-3H3. The van der Waals surface area contributed by atoms with Gasteiger partial charge in [0.15, 0.2) is 6.30 Å². The van der Waals surface area contributed by atoms with E-state index in [1.54, 1.807) is 20.8 Å². The van der Waals surface area contributed by atoms with Gasteiger partial charge in [-0.1, -0.05) is 15.9 Å². The molecule has 8 heteroatoms. The van der Waals surface area contributed by atoms with E-state index in [1.807, 2.05) is 0 Å². The van der Waals surface area contributed by atoms with E-state index in [9.17, 15) is 22.4 Å². The van der Waals surface area contributed by atoms with Gasteiger partial charge in [-0.2, -0.15) is 13.2 Å². The molecule has 1 heterocycles. The lowest BCUT2D eigenvalue weighted by Crippen LogP contribution is -2.56. The summed E-state index contributed by atoms with van der Waals surface area (Å²) >= 11 is 3.14. The zero-order valence-corrected chi connectivity index (χ0v) is 14.3. The SMILES string of the molecule is CC(C)(C)OC(=O)N1CC(c2cc(C(F)(F)F)ccc2Br)C1F. The number of benzene rings is 1. The summed E-state index contributed by atoms with van der Waals surface area (Å²) in [4.78, 5) is 12.7. The Hall–Kier alpha value is -1.31. The number of alkyl halides is 4. The first-order valence-electron chi connectivity index (χ1n) is 6.90. The largest absolute Gasteiger partial charge is 0.444 e. The third-order valence-electron chi connectivity index (χ3n) is 3.37. The number of carbonyl (C=O) groups is 1. The smallest absolute Gasteiger partial charge is 0.416 e. The zero-order chi connectivity index (χ0) is 17.6. The Kier molecular flexibility index (Phi) is 4.67. The van der Waals surface area contributed by atoms with Gasteiger partial charge in [-0.15, -0.1) is 0 Å². The van der Waals surface area contributed by atoms with Crippen LogP contribution in [0.1, 0.15) is 37.8 Å². The van der Waals surface area contributed by atoms with Gasteiger partial charge in [0.2, 0.25) is 0 Å². The van der Waals surface area contributed by atoms with Crippen molar-refractivity contribution in [2.75, 3.05) is 6.54 Å². The molecule has 1 aromatic rings. The molecule has 1 aliphatic rings. The van der Waals surface area contributed by atoms with Crippen molar-refractivity contribution in [2.45, 2.75) is 44.8 Å². The van der Waals surface area contributed by atoms with Crippen molar-refractivity contribution in [3.05, 3.63) is 33.8 Å². The van der Waals surface area contributed by atoms with Gasteiger partial charge in [-0.05, 0) is 44.5 Å². The molecule has 0 radical (unpaired) electrons. The highest BCUT2D eigenvalue weighted by Gasteiger charge is 2.46. The van der Waals surface area contributed by atoms with E-state index in [2.05, 4.69) is 15.9 Å². The number of amides is 1. The average molecular weight is 398 g/mol. The molecule has 0 aliphatic carbocycles. The Morgan fingerprint density at radius 1 is 1.30 bits per heavy atom. The van der Waals surface area contributed by atoms with Gasteiger partial charge in [0.05, 0.1) is 11.5 Å². The molecule has 1 aromatic carbocycles. The molecule has 0 spiro atoms. The molecule has 1 amide bonds. The fourth-order valence-electron chi connectivity index (χ4n) is 2.23. The molecule has 0 aromatic heterocycles. The number of ether oxygens (including phenoxy) is 1. The van der Waals surface area contributed by atoms with Gasteiger partial charge in [-0.3, -0.25) is 4.90 Å². The maximum Gasteiger partial charge on any atom is 0.416 e. The van der Waals surface area contributed by atoms with Crippen molar-refractivity contribution in [3.8, 4) is 0 Å². The zero-order valence-electron chi connectivity index (χ0n) is 12.7. The van der Waals surface area contributed by atoms with Gasteiger partial charge in [0, 0.05) is 11.0 Å². The summed E-state index contributed by atoms with van der Waals surface area (Å²) in [5, 5.41) is 0. The Labute approximate surface area is 139 Å².